The predicted octanol–water partition coefficient (Wildman–Crippen LogP) is 0.292. The average molecular weight is 222 g/mol. The van der Waals surface area contributed by atoms with E-state index >= 15 is 0 Å². The van der Waals surface area contributed by atoms with E-state index in [-0.39, 0.29) is 103 Å². The molecule has 6 heteroatoms. The maximum absolute atomic E-state index is 3.95. The van der Waals surface area contributed by atoms with Crippen LogP contribution in [0.3, 0.4) is 0 Å². The van der Waals surface area contributed by atoms with Crippen LogP contribution in [-0.2, 0) is 0 Å². The Bertz CT molecular complexity index is 179. The number of nitrogens with zero attached hydrogens (tertiary/aromatic N) is 2. The third-order valence-electron chi connectivity index (χ3n) is 0.628. The summed E-state index contributed by atoms with van der Waals surface area (Å²) in [5.74, 6) is 0. The smallest absolute Gasteiger partial charge is 0.185 e. The molecular formula is C4H4K2N2S2. The molecule has 0 bridgehead atoms. The molecule has 0 atom stereocenters. The standard InChI is InChI=1S/C4H4N2S2.2K/c7-3-1-2-5-4(8)6-3;;/h1-2H,(H2,5,6,7,8);;. The van der Waals surface area contributed by atoms with Crippen LogP contribution in [0.2, 0.25) is 0 Å². The second kappa shape index (κ2) is 8.64. The van der Waals surface area contributed by atoms with E-state index in [1.165, 1.54) is 0 Å². The predicted molar refractivity (Wildman–Crippen MR) is 48.0 cm³/mol. The molecule has 0 aliphatic carbocycles. The maximum Gasteiger partial charge on any atom is 0.185 e. The van der Waals surface area contributed by atoms with E-state index < -0.39 is 0 Å². The van der Waals surface area contributed by atoms with Gasteiger partial charge in [0.05, 0.1) is 5.03 Å². The first-order chi connectivity index (χ1) is 3.79. The van der Waals surface area contributed by atoms with Gasteiger partial charge < -0.3 is 0 Å². The van der Waals surface area contributed by atoms with Crippen LogP contribution in [0.1, 0.15) is 0 Å². The fraction of sp³-hybridized carbons (Fsp3) is 0. The zero-order valence-corrected chi connectivity index (χ0v) is 14.0. The van der Waals surface area contributed by atoms with Crippen molar-refractivity contribution in [3.05, 3.63) is 12.3 Å². The SMILES string of the molecule is Sc1ccnc(S)n1.[K].[K]. The first kappa shape index (κ1) is 15.5. The van der Waals surface area contributed by atoms with E-state index in [9.17, 15) is 0 Å². The Kier molecular flexibility index (Phi) is 13.4. The quantitative estimate of drug-likeness (QED) is 0.286. The van der Waals surface area contributed by atoms with Crippen LogP contribution in [0.25, 0.3) is 0 Å². The molecule has 2 nitrogen and oxygen atoms in total. The number of thiol groups is 2. The number of hydrogen-bond donors (Lipinski definition) is 2. The second-order valence-corrected chi connectivity index (χ2v) is 2.07. The van der Waals surface area contributed by atoms with E-state index in [0.29, 0.717) is 10.2 Å². The molecule has 0 saturated carbocycles. The molecule has 10 heavy (non-hydrogen) atoms. The summed E-state index contributed by atoms with van der Waals surface area (Å²) in [6.45, 7) is 0. The normalized spacial score (nSPS) is 7.40. The molecule has 0 aromatic carbocycles. The molecule has 1 heterocycles. The minimum Gasteiger partial charge on any atom is -0.231 e. The van der Waals surface area contributed by atoms with Gasteiger partial charge in [0, 0.05) is 109 Å². The Morgan fingerprint density at radius 1 is 1.20 bits per heavy atom. The Balaban J connectivity index is 0. The Morgan fingerprint density at radius 3 is 2.10 bits per heavy atom. The molecule has 0 N–H and O–H groups in total. The van der Waals surface area contributed by atoms with Crippen molar-refractivity contribution in [2.24, 2.45) is 0 Å². The van der Waals surface area contributed by atoms with Gasteiger partial charge in [-0.15, -0.1) is 25.3 Å². The summed E-state index contributed by atoms with van der Waals surface area (Å²) in [4.78, 5) is 7.54. The fourth-order valence-electron chi connectivity index (χ4n) is 0.339. The number of rotatable bonds is 0. The molecule has 44 valence electrons. The van der Waals surface area contributed by atoms with Gasteiger partial charge in [0.15, 0.2) is 5.16 Å². The molecular weight excluding hydrogens is 218 g/mol. The first-order valence-corrected chi connectivity index (χ1v) is 2.89. The van der Waals surface area contributed by atoms with E-state index in [1.807, 2.05) is 0 Å². The van der Waals surface area contributed by atoms with Gasteiger partial charge in [0.2, 0.25) is 0 Å². The van der Waals surface area contributed by atoms with Crippen molar-refractivity contribution in [2.75, 3.05) is 0 Å². The molecule has 0 saturated heterocycles. The molecule has 1 aromatic heterocycles. The van der Waals surface area contributed by atoms with Crippen LogP contribution in [-0.4, -0.2) is 113 Å². The van der Waals surface area contributed by atoms with Gasteiger partial charge in [-0.25, -0.2) is 9.97 Å². The van der Waals surface area contributed by atoms with E-state index in [2.05, 4.69) is 35.2 Å². The average Bonchev–Trinajstić information content (AvgIpc) is 1.64. The zero-order chi connectivity index (χ0) is 5.98. The molecule has 0 amide bonds. The Hall–Kier alpha value is 3.05. The van der Waals surface area contributed by atoms with Gasteiger partial charge in [0.1, 0.15) is 0 Å². The minimum absolute atomic E-state index is 0. The van der Waals surface area contributed by atoms with Crippen LogP contribution in [0, 0.1) is 0 Å². The molecule has 1 aromatic rings. The van der Waals surface area contributed by atoms with Gasteiger partial charge in [0.25, 0.3) is 0 Å². The second-order valence-electron chi connectivity index (χ2n) is 1.21. The largest absolute Gasteiger partial charge is 0.231 e. The van der Waals surface area contributed by atoms with Crippen molar-refractivity contribution in [1.82, 2.24) is 9.97 Å². The van der Waals surface area contributed by atoms with Gasteiger partial charge in [-0.3, -0.25) is 0 Å². The third-order valence-corrected chi connectivity index (χ3v) is 1.09. The molecule has 0 aliphatic rings. The van der Waals surface area contributed by atoms with Crippen LogP contribution >= 0.6 is 25.3 Å². The number of aromatic nitrogens is 2. The summed E-state index contributed by atoms with van der Waals surface area (Å²) in [7, 11) is 0. The van der Waals surface area contributed by atoms with Gasteiger partial charge in [-0.2, -0.15) is 0 Å². The molecule has 0 spiro atoms. The molecule has 1 rings (SSSR count). The van der Waals surface area contributed by atoms with Crippen LogP contribution in [0.5, 0.6) is 0 Å². The minimum atomic E-state index is 0. The molecule has 0 unspecified atom stereocenters. The van der Waals surface area contributed by atoms with Crippen molar-refractivity contribution in [3.8, 4) is 0 Å². The number of hydrogen-bond acceptors (Lipinski definition) is 4. The molecule has 0 fully saturated rings. The summed E-state index contributed by atoms with van der Waals surface area (Å²) in [5.41, 5.74) is 0. The van der Waals surface area contributed by atoms with Crippen LogP contribution in [0.15, 0.2) is 22.4 Å². The van der Waals surface area contributed by atoms with Crippen molar-refractivity contribution in [3.63, 3.8) is 0 Å². The third kappa shape index (κ3) is 6.56. The Labute approximate surface area is 156 Å². The first-order valence-electron chi connectivity index (χ1n) is 2.00. The van der Waals surface area contributed by atoms with Gasteiger partial charge >= 0.3 is 0 Å². The topological polar surface area (TPSA) is 25.8 Å². The van der Waals surface area contributed by atoms with Crippen molar-refractivity contribution in [1.29, 1.82) is 0 Å². The van der Waals surface area contributed by atoms with Crippen LogP contribution in [0.4, 0.5) is 0 Å². The van der Waals surface area contributed by atoms with Crippen molar-refractivity contribution < 1.29 is 0 Å². The van der Waals surface area contributed by atoms with Crippen LogP contribution < -0.4 is 0 Å². The molecule has 0 aliphatic heterocycles. The van der Waals surface area contributed by atoms with Crippen molar-refractivity contribution in [2.45, 2.75) is 10.2 Å². The summed E-state index contributed by atoms with van der Waals surface area (Å²) in [6.07, 6.45) is 1.61. The van der Waals surface area contributed by atoms with Crippen molar-refractivity contribution >= 4 is 128 Å². The summed E-state index contributed by atoms with van der Waals surface area (Å²) < 4.78 is 0. The fourth-order valence-corrected chi connectivity index (χ4v) is 0.754. The maximum atomic E-state index is 3.95. The van der Waals surface area contributed by atoms with Gasteiger partial charge in [-0.1, -0.05) is 0 Å². The summed E-state index contributed by atoms with van der Waals surface area (Å²) in [6, 6.07) is 1.70. The van der Waals surface area contributed by atoms with Gasteiger partial charge in [-0.05, 0) is 6.07 Å². The zero-order valence-electron chi connectivity index (χ0n) is 5.94. The van der Waals surface area contributed by atoms with E-state index in [0.717, 1.165) is 0 Å². The monoisotopic (exact) mass is 222 g/mol. The Morgan fingerprint density at radius 2 is 1.80 bits per heavy atom. The van der Waals surface area contributed by atoms with E-state index in [4.69, 9.17) is 0 Å². The molecule has 2 radical (unpaired) electrons. The summed E-state index contributed by atoms with van der Waals surface area (Å²) in [5, 5.41) is 1.10. The summed E-state index contributed by atoms with van der Waals surface area (Å²) >= 11 is 7.84. The van der Waals surface area contributed by atoms with E-state index in [1.54, 1.807) is 12.3 Å².